The minimum Gasteiger partial charge on any atom is -0.449 e. The van der Waals surface area contributed by atoms with Gasteiger partial charge < -0.3 is 4.74 Å². The average Bonchev–Trinajstić information content (AvgIpc) is 3.24. The van der Waals surface area contributed by atoms with Crippen LogP contribution in [0.25, 0.3) is 16.5 Å². The Balaban J connectivity index is 1.43. The van der Waals surface area contributed by atoms with Crippen LogP contribution >= 0.6 is 0 Å². The Kier molecular flexibility index (Phi) is 5.33. The maximum absolute atomic E-state index is 12.7. The summed E-state index contributed by atoms with van der Waals surface area (Å²) < 4.78 is 6.90. The Hall–Kier alpha value is -3.93. The summed E-state index contributed by atoms with van der Waals surface area (Å²) in [5.74, 6) is 0.115. The van der Waals surface area contributed by atoms with Gasteiger partial charge in [0, 0.05) is 29.9 Å². The molecule has 6 heteroatoms. The largest absolute Gasteiger partial charge is 0.449 e. The van der Waals surface area contributed by atoms with Gasteiger partial charge in [0.1, 0.15) is 6.61 Å². The van der Waals surface area contributed by atoms with Crippen LogP contribution in [0.3, 0.4) is 0 Å². The van der Waals surface area contributed by atoms with Gasteiger partial charge in [0.2, 0.25) is 5.78 Å². The van der Waals surface area contributed by atoms with E-state index in [0.29, 0.717) is 11.5 Å². The van der Waals surface area contributed by atoms with Crippen LogP contribution in [-0.4, -0.2) is 28.0 Å². The summed E-state index contributed by atoms with van der Waals surface area (Å²) in [6.07, 6.45) is 2.81. The Labute approximate surface area is 167 Å². The summed E-state index contributed by atoms with van der Waals surface area (Å²) in [7, 11) is 0. The number of hydrogen-bond donors (Lipinski definition) is 1. The molecule has 0 bridgehead atoms. The maximum atomic E-state index is 12.7. The van der Waals surface area contributed by atoms with Gasteiger partial charge in [-0.15, -0.1) is 0 Å². The van der Waals surface area contributed by atoms with Crippen molar-refractivity contribution < 1.29 is 14.3 Å². The molecule has 1 N–H and O–H groups in total. The summed E-state index contributed by atoms with van der Waals surface area (Å²) >= 11 is 0. The molecule has 1 heterocycles. The number of aromatic nitrogens is 2. The predicted octanol–water partition coefficient (Wildman–Crippen LogP) is 4.85. The molecule has 29 heavy (non-hydrogen) atoms. The monoisotopic (exact) mass is 385 g/mol. The topological polar surface area (TPSA) is 73.2 Å². The lowest BCUT2D eigenvalue weighted by atomic mass is 10.1. The van der Waals surface area contributed by atoms with E-state index < -0.39 is 6.09 Å². The molecular formula is C23H19N3O3. The highest BCUT2D eigenvalue weighted by Crippen LogP contribution is 2.23. The number of hydrogen-bond acceptors (Lipinski definition) is 4. The van der Waals surface area contributed by atoms with Crippen molar-refractivity contribution in [2.45, 2.75) is 6.42 Å². The normalized spacial score (nSPS) is 10.6. The first kappa shape index (κ1) is 18.4. The molecule has 0 unspecified atom stereocenters. The fourth-order valence-electron chi connectivity index (χ4n) is 3.15. The number of Topliss-reactive ketones (excluding diaryl/α,β-unsaturated/α-hetero) is 1. The van der Waals surface area contributed by atoms with E-state index in [1.54, 1.807) is 29.1 Å². The minimum absolute atomic E-state index is 0.0279. The van der Waals surface area contributed by atoms with Crippen LogP contribution < -0.4 is 5.32 Å². The van der Waals surface area contributed by atoms with Gasteiger partial charge in [0.15, 0.2) is 5.82 Å². The molecule has 0 aliphatic heterocycles. The molecule has 3 aromatic carbocycles. The average molecular weight is 385 g/mol. The number of fused-ring (bicyclic) bond motifs is 1. The summed E-state index contributed by atoms with van der Waals surface area (Å²) in [6, 6.07) is 22.9. The summed E-state index contributed by atoms with van der Waals surface area (Å²) in [5.41, 5.74) is 1.52. The van der Waals surface area contributed by atoms with Crippen LogP contribution in [0.2, 0.25) is 0 Å². The highest BCUT2D eigenvalue weighted by atomic mass is 16.5. The fraction of sp³-hybridized carbons (Fsp3) is 0.0870. The second kappa shape index (κ2) is 8.39. The first-order valence-electron chi connectivity index (χ1n) is 9.26. The number of amides is 1. The van der Waals surface area contributed by atoms with Crippen molar-refractivity contribution in [1.29, 1.82) is 0 Å². The quantitative estimate of drug-likeness (QED) is 0.482. The van der Waals surface area contributed by atoms with Crippen molar-refractivity contribution in [2.75, 3.05) is 11.9 Å². The van der Waals surface area contributed by atoms with Gasteiger partial charge in [-0.3, -0.25) is 14.7 Å². The van der Waals surface area contributed by atoms with Crippen LogP contribution in [0.15, 0.2) is 85.2 Å². The zero-order chi connectivity index (χ0) is 20.1. The number of rotatable bonds is 6. The number of ketones is 1. The van der Waals surface area contributed by atoms with Crippen molar-refractivity contribution in [3.8, 4) is 5.69 Å². The number of carbonyl (C=O) groups is 2. The highest BCUT2D eigenvalue weighted by Gasteiger charge is 2.16. The van der Waals surface area contributed by atoms with Crippen molar-refractivity contribution in [2.24, 2.45) is 0 Å². The van der Waals surface area contributed by atoms with Gasteiger partial charge in [-0.25, -0.2) is 9.78 Å². The molecule has 0 aliphatic rings. The molecule has 6 nitrogen and oxygen atoms in total. The molecule has 1 aromatic heterocycles. The lowest BCUT2D eigenvalue weighted by molar-refractivity contribution is 0.0931. The molecule has 0 atom stereocenters. The zero-order valence-electron chi connectivity index (χ0n) is 15.6. The number of benzene rings is 3. The molecule has 0 radical (unpaired) electrons. The van der Waals surface area contributed by atoms with Crippen LogP contribution in [0.4, 0.5) is 10.5 Å². The second-order valence-corrected chi connectivity index (χ2v) is 6.42. The lowest BCUT2D eigenvalue weighted by Crippen LogP contribution is -2.17. The molecule has 4 aromatic rings. The summed E-state index contributed by atoms with van der Waals surface area (Å²) in [6.45, 7) is -0.0279. The van der Waals surface area contributed by atoms with Crippen molar-refractivity contribution in [1.82, 2.24) is 9.55 Å². The lowest BCUT2D eigenvalue weighted by Gasteiger charge is -2.11. The van der Waals surface area contributed by atoms with E-state index in [1.807, 2.05) is 60.7 Å². The highest BCUT2D eigenvalue weighted by molar-refractivity contribution is 5.96. The van der Waals surface area contributed by atoms with Gasteiger partial charge in [-0.05, 0) is 23.6 Å². The third-order valence-electron chi connectivity index (χ3n) is 4.50. The van der Waals surface area contributed by atoms with Gasteiger partial charge >= 0.3 is 6.09 Å². The Morgan fingerprint density at radius 3 is 2.55 bits per heavy atom. The smallest absolute Gasteiger partial charge is 0.411 e. The maximum Gasteiger partial charge on any atom is 0.411 e. The van der Waals surface area contributed by atoms with Gasteiger partial charge in [0.25, 0.3) is 0 Å². The fourth-order valence-corrected chi connectivity index (χ4v) is 3.15. The standard InChI is InChI=1S/C23H19N3O3/c27-21(13-16-29-23(28)25-18-9-2-1-3-10-18)22-24-14-15-26(22)20-12-6-8-17-7-4-5-11-19(17)20/h1-12,14-15H,13,16H2,(H,25,28). The van der Waals surface area contributed by atoms with Gasteiger partial charge in [0.05, 0.1) is 5.69 Å². The third kappa shape index (κ3) is 4.16. The summed E-state index contributed by atoms with van der Waals surface area (Å²) in [4.78, 5) is 28.8. The Morgan fingerprint density at radius 2 is 1.69 bits per heavy atom. The molecule has 0 spiro atoms. The van der Waals surface area contributed by atoms with E-state index >= 15 is 0 Å². The molecule has 144 valence electrons. The molecule has 0 saturated carbocycles. The zero-order valence-corrected chi connectivity index (χ0v) is 15.6. The van der Waals surface area contributed by atoms with Crippen molar-refractivity contribution in [3.05, 3.63) is 91.0 Å². The molecular weight excluding hydrogens is 366 g/mol. The van der Waals surface area contributed by atoms with Gasteiger partial charge in [-0.1, -0.05) is 54.6 Å². The first-order valence-corrected chi connectivity index (χ1v) is 9.26. The number of para-hydroxylation sites is 1. The number of ether oxygens (including phenoxy) is 1. The van der Waals surface area contributed by atoms with Crippen LogP contribution in [0.1, 0.15) is 17.0 Å². The van der Waals surface area contributed by atoms with E-state index in [-0.39, 0.29) is 18.8 Å². The number of imidazole rings is 1. The SMILES string of the molecule is O=C(Nc1ccccc1)OCCC(=O)c1nccn1-c1cccc2ccccc12. The van der Waals surface area contributed by atoms with E-state index in [2.05, 4.69) is 10.3 Å². The van der Waals surface area contributed by atoms with Crippen molar-refractivity contribution >= 4 is 28.3 Å². The molecule has 0 fully saturated rings. The number of anilines is 1. The summed E-state index contributed by atoms with van der Waals surface area (Å²) in [5, 5.41) is 4.72. The number of nitrogens with one attached hydrogen (secondary N) is 1. The molecule has 4 rings (SSSR count). The van der Waals surface area contributed by atoms with Crippen LogP contribution in [-0.2, 0) is 4.74 Å². The minimum atomic E-state index is -0.596. The van der Waals surface area contributed by atoms with Crippen LogP contribution in [0, 0.1) is 0 Å². The van der Waals surface area contributed by atoms with E-state index in [9.17, 15) is 9.59 Å². The Morgan fingerprint density at radius 1 is 0.931 bits per heavy atom. The predicted molar refractivity (Wildman–Crippen MR) is 111 cm³/mol. The van der Waals surface area contributed by atoms with E-state index in [1.165, 1.54) is 0 Å². The number of nitrogens with zero attached hydrogens (tertiary/aromatic N) is 2. The molecule has 0 aliphatic carbocycles. The first-order chi connectivity index (χ1) is 14.2. The van der Waals surface area contributed by atoms with E-state index in [0.717, 1.165) is 16.5 Å². The van der Waals surface area contributed by atoms with Crippen molar-refractivity contribution in [3.63, 3.8) is 0 Å². The van der Waals surface area contributed by atoms with Crippen LogP contribution in [0.5, 0.6) is 0 Å². The Bertz CT molecular complexity index is 1150. The number of carbonyl (C=O) groups excluding carboxylic acids is 2. The second-order valence-electron chi connectivity index (χ2n) is 6.42. The molecule has 0 saturated heterocycles. The van der Waals surface area contributed by atoms with E-state index in [4.69, 9.17) is 4.74 Å². The van der Waals surface area contributed by atoms with Gasteiger partial charge in [-0.2, -0.15) is 0 Å². The molecule has 1 amide bonds. The third-order valence-corrected chi connectivity index (χ3v) is 4.50.